The van der Waals surface area contributed by atoms with E-state index in [2.05, 4.69) is 10.6 Å². The highest BCUT2D eigenvalue weighted by atomic mass is 16.5. The fourth-order valence-corrected chi connectivity index (χ4v) is 3.00. The van der Waals surface area contributed by atoms with Crippen LogP contribution in [0.15, 0.2) is 48.5 Å². The van der Waals surface area contributed by atoms with Crippen LogP contribution in [0.5, 0.6) is 5.75 Å². The van der Waals surface area contributed by atoms with Crippen molar-refractivity contribution in [2.24, 2.45) is 0 Å². The molecule has 0 aliphatic heterocycles. The van der Waals surface area contributed by atoms with Gasteiger partial charge in [-0.3, -0.25) is 9.59 Å². The van der Waals surface area contributed by atoms with Gasteiger partial charge in [-0.2, -0.15) is 0 Å². The first-order valence-electron chi connectivity index (χ1n) is 9.48. The number of amides is 2. The average Bonchev–Trinajstić information content (AvgIpc) is 2.68. The summed E-state index contributed by atoms with van der Waals surface area (Å²) < 4.78 is 5.62. The molecule has 2 aromatic carbocycles. The second-order valence-corrected chi connectivity index (χ2v) is 6.53. The van der Waals surface area contributed by atoms with Crippen LogP contribution in [0.4, 0.5) is 0 Å². The molecule has 0 heterocycles. The third kappa shape index (κ3) is 6.95. The number of carboxylic acids is 1. The Balaban J connectivity index is 1.99. The molecule has 0 fully saturated rings. The standard InChI is InChI=1S/C22H26N2O5/c1-3-29-20-10-5-4-9-18(20)19(24-15(2)25)14-21(26)23-12-11-16-7-6-8-17(13-16)22(27)28/h4-10,13,19H,3,11-12,14H2,1-2H3,(H,23,26)(H,24,25)(H,27,28). The number of aromatic carboxylic acids is 1. The van der Waals surface area contributed by atoms with Gasteiger partial charge < -0.3 is 20.5 Å². The molecule has 2 rings (SSSR count). The summed E-state index contributed by atoms with van der Waals surface area (Å²) in [4.78, 5) is 35.1. The molecule has 29 heavy (non-hydrogen) atoms. The largest absolute Gasteiger partial charge is 0.494 e. The number of carboxylic acid groups (broad SMARTS) is 1. The molecule has 0 spiro atoms. The van der Waals surface area contributed by atoms with E-state index in [0.29, 0.717) is 25.3 Å². The lowest BCUT2D eigenvalue weighted by Gasteiger charge is -2.21. The molecule has 0 aliphatic rings. The van der Waals surface area contributed by atoms with Gasteiger partial charge in [0.05, 0.1) is 24.6 Å². The summed E-state index contributed by atoms with van der Waals surface area (Å²) in [7, 11) is 0. The van der Waals surface area contributed by atoms with Crippen molar-refractivity contribution in [2.75, 3.05) is 13.2 Å². The van der Waals surface area contributed by atoms with E-state index >= 15 is 0 Å². The van der Waals surface area contributed by atoms with Gasteiger partial charge in [-0.25, -0.2) is 4.79 Å². The van der Waals surface area contributed by atoms with Crippen molar-refractivity contribution in [3.63, 3.8) is 0 Å². The van der Waals surface area contributed by atoms with E-state index in [0.717, 1.165) is 11.1 Å². The van der Waals surface area contributed by atoms with Crippen molar-refractivity contribution < 1.29 is 24.2 Å². The minimum absolute atomic E-state index is 0.0683. The minimum Gasteiger partial charge on any atom is -0.494 e. The van der Waals surface area contributed by atoms with Gasteiger partial charge in [0.15, 0.2) is 0 Å². The molecule has 2 amide bonds. The van der Waals surface area contributed by atoms with Gasteiger partial charge in [0.1, 0.15) is 5.75 Å². The van der Waals surface area contributed by atoms with Crippen LogP contribution in [0.3, 0.4) is 0 Å². The summed E-state index contributed by atoms with van der Waals surface area (Å²) in [5.41, 5.74) is 1.78. The van der Waals surface area contributed by atoms with E-state index in [-0.39, 0.29) is 23.8 Å². The van der Waals surface area contributed by atoms with E-state index in [9.17, 15) is 14.4 Å². The number of carbonyl (C=O) groups excluding carboxylic acids is 2. The van der Waals surface area contributed by atoms with Crippen molar-refractivity contribution in [3.05, 3.63) is 65.2 Å². The Morgan fingerprint density at radius 3 is 2.55 bits per heavy atom. The maximum Gasteiger partial charge on any atom is 0.335 e. The van der Waals surface area contributed by atoms with E-state index in [4.69, 9.17) is 9.84 Å². The Labute approximate surface area is 170 Å². The van der Waals surface area contributed by atoms with E-state index in [1.54, 1.807) is 18.2 Å². The molecule has 0 saturated heterocycles. The number of benzene rings is 2. The summed E-state index contributed by atoms with van der Waals surface area (Å²) >= 11 is 0. The second kappa shape index (κ2) is 10.8. The van der Waals surface area contributed by atoms with Crippen molar-refractivity contribution in [2.45, 2.75) is 32.7 Å². The molecule has 3 N–H and O–H groups in total. The first-order valence-corrected chi connectivity index (χ1v) is 9.48. The number of para-hydroxylation sites is 1. The summed E-state index contributed by atoms with van der Waals surface area (Å²) in [5.74, 6) is -0.807. The van der Waals surface area contributed by atoms with Crippen LogP contribution in [0, 0.1) is 0 Å². The Bertz CT molecular complexity index is 866. The third-order valence-corrected chi connectivity index (χ3v) is 4.27. The van der Waals surface area contributed by atoms with Crippen LogP contribution in [0.2, 0.25) is 0 Å². The van der Waals surface area contributed by atoms with E-state index < -0.39 is 12.0 Å². The number of hydrogen-bond acceptors (Lipinski definition) is 4. The molecule has 0 aromatic heterocycles. The number of hydrogen-bond donors (Lipinski definition) is 3. The molecular formula is C22H26N2O5. The van der Waals surface area contributed by atoms with Crippen molar-refractivity contribution in [3.8, 4) is 5.75 Å². The van der Waals surface area contributed by atoms with Crippen molar-refractivity contribution in [1.82, 2.24) is 10.6 Å². The normalized spacial score (nSPS) is 11.4. The lowest BCUT2D eigenvalue weighted by Crippen LogP contribution is -2.33. The predicted octanol–water partition coefficient (Wildman–Crippen LogP) is 2.71. The van der Waals surface area contributed by atoms with Gasteiger partial charge >= 0.3 is 5.97 Å². The van der Waals surface area contributed by atoms with E-state index in [1.165, 1.54) is 13.0 Å². The molecule has 2 aromatic rings. The molecule has 7 heteroatoms. The summed E-state index contributed by atoms with van der Waals surface area (Å²) in [5, 5.41) is 14.7. The smallest absolute Gasteiger partial charge is 0.335 e. The lowest BCUT2D eigenvalue weighted by molar-refractivity contribution is -0.122. The predicted molar refractivity (Wildman–Crippen MR) is 109 cm³/mol. The van der Waals surface area contributed by atoms with Crippen LogP contribution in [0.25, 0.3) is 0 Å². The van der Waals surface area contributed by atoms with Gasteiger partial charge in [0, 0.05) is 19.0 Å². The molecule has 1 unspecified atom stereocenters. The fourth-order valence-electron chi connectivity index (χ4n) is 3.00. The third-order valence-electron chi connectivity index (χ3n) is 4.27. The first kappa shape index (κ1) is 21.9. The van der Waals surface area contributed by atoms with Crippen LogP contribution in [-0.2, 0) is 16.0 Å². The number of nitrogens with one attached hydrogen (secondary N) is 2. The zero-order valence-electron chi connectivity index (χ0n) is 16.6. The average molecular weight is 398 g/mol. The van der Waals surface area contributed by atoms with Gasteiger partial charge in [-0.05, 0) is 37.1 Å². The Morgan fingerprint density at radius 1 is 1.10 bits per heavy atom. The second-order valence-electron chi connectivity index (χ2n) is 6.53. The Hall–Kier alpha value is -3.35. The first-order chi connectivity index (χ1) is 13.9. The van der Waals surface area contributed by atoms with Crippen molar-refractivity contribution >= 4 is 17.8 Å². The number of carbonyl (C=O) groups is 3. The van der Waals surface area contributed by atoms with Crippen LogP contribution < -0.4 is 15.4 Å². The summed E-state index contributed by atoms with van der Waals surface area (Å²) in [6, 6.07) is 13.4. The minimum atomic E-state index is -0.984. The molecule has 0 radical (unpaired) electrons. The molecule has 0 bridgehead atoms. The topological polar surface area (TPSA) is 105 Å². The summed E-state index contributed by atoms with van der Waals surface area (Å²) in [6.07, 6.45) is 0.575. The molecular weight excluding hydrogens is 372 g/mol. The highest BCUT2D eigenvalue weighted by molar-refractivity contribution is 5.87. The van der Waals surface area contributed by atoms with Crippen LogP contribution >= 0.6 is 0 Å². The van der Waals surface area contributed by atoms with Crippen LogP contribution in [-0.4, -0.2) is 36.0 Å². The van der Waals surface area contributed by atoms with Gasteiger partial charge in [-0.15, -0.1) is 0 Å². The van der Waals surface area contributed by atoms with Crippen LogP contribution in [0.1, 0.15) is 47.8 Å². The van der Waals surface area contributed by atoms with Gasteiger partial charge in [0.25, 0.3) is 0 Å². The number of rotatable bonds is 10. The van der Waals surface area contributed by atoms with E-state index in [1.807, 2.05) is 31.2 Å². The molecule has 1 atom stereocenters. The highest BCUT2D eigenvalue weighted by Gasteiger charge is 2.20. The molecule has 7 nitrogen and oxygen atoms in total. The highest BCUT2D eigenvalue weighted by Crippen LogP contribution is 2.27. The van der Waals surface area contributed by atoms with Crippen molar-refractivity contribution in [1.29, 1.82) is 0 Å². The lowest BCUT2D eigenvalue weighted by atomic mass is 10.0. The fraction of sp³-hybridized carbons (Fsp3) is 0.318. The molecule has 0 aliphatic carbocycles. The number of ether oxygens (including phenoxy) is 1. The maximum absolute atomic E-state index is 12.4. The van der Waals surface area contributed by atoms with Gasteiger partial charge in [0.2, 0.25) is 11.8 Å². The Morgan fingerprint density at radius 2 is 1.86 bits per heavy atom. The zero-order chi connectivity index (χ0) is 21.2. The van der Waals surface area contributed by atoms with Gasteiger partial charge in [-0.1, -0.05) is 30.3 Å². The molecule has 0 saturated carbocycles. The molecule has 154 valence electrons. The Kier molecular flexibility index (Phi) is 8.21. The SMILES string of the molecule is CCOc1ccccc1C(CC(=O)NCCc1cccc(C(=O)O)c1)NC(C)=O. The quantitative estimate of drug-likeness (QED) is 0.571. The zero-order valence-corrected chi connectivity index (χ0v) is 16.6. The monoisotopic (exact) mass is 398 g/mol. The summed E-state index contributed by atoms with van der Waals surface area (Å²) in [6.45, 7) is 4.12. The maximum atomic E-state index is 12.4.